The van der Waals surface area contributed by atoms with Crippen LogP contribution in [0.15, 0.2) is 42.5 Å². The molecule has 7 heteroatoms. The molecule has 2 aromatic carbocycles. The Morgan fingerprint density at radius 1 is 1.37 bits per heavy atom. The lowest BCUT2D eigenvalue weighted by atomic mass is 9.98. The fourth-order valence-electron chi connectivity index (χ4n) is 3.27. The summed E-state index contributed by atoms with van der Waals surface area (Å²) in [5, 5.41) is 16.5. The standard InChI is InChI=1S/C20H16N4O3/c1-24-16-4-2-3-5-18(16)27-11-13(20(24)26)9-17(25)19-14-8-12(10-21)6-7-15(14)22-23-19/h2-8,13H,9,11H2,1H3,(H,22,23)/t13-/m0/s1. The number of carbonyl (C=O) groups excluding carboxylic acids is 2. The Balaban J connectivity index is 1.60. The van der Waals surface area contributed by atoms with E-state index in [9.17, 15) is 9.59 Å². The first-order chi connectivity index (χ1) is 13.1. The number of ketones is 1. The zero-order valence-electron chi connectivity index (χ0n) is 14.6. The quantitative estimate of drug-likeness (QED) is 0.724. The van der Waals surface area contributed by atoms with Gasteiger partial charge < -0.3 is 9.64 Å². The lowest BCUT2D eigenvalue weighted by molar-refractivity contribution is -0.122. The van der Waals surface area contributed by atoms with E-state index < -0.39 is 5.92 Å². The van der Waals surface area contributed by atoms with Crippen LogP contribution in [0.4, 0.5) is 5.69 Å². The number of aromatic amines is 1. The van der Waals surface area contributed by atoms with Crippen molar-refractivity contribution < 1.29 is 14.3 Å². The Labute approximate surface area is 155 Å². The van der Waals surface area contributed by atoms with Crippen molar-refractivity contribution in [2.24, 2.45) is 5.92 Å². The molecule has 4 rings (SSSR count). The van der Waals surface area contributed by atoms with Gasteiger partial charge in [0.1, 0.15) is 18.1 Å². The average Bonchev–Trinajstić information content (AvgIpc) is 3.08. The number of nitrogens with zero attached hydrogens (tertiary/aromatic N) is 3. The second-order valence-electron chi connectivity index (χ2n) is 6.44. The van der Waals surface area contributed by atoms with Gasteiger partial charge in [-0.25, -0.2) is 0 Å². The van der Waals surface area contributed by atoms with Crippen LogP contribution in [-0.2, 0) is 4.79 Å². The molecule has 0 spiro atoms. The van der Waals surface area contributed by atoms with E-state index in [1.807, 2.05) is 18.2 Å². The summed E-state index contributed by atoms with van der Waals surface area (Å²) in [6, 6.07) is 14.3. The van der Waals surface area contributed by atoms with Crippen molar-refractivity contribution in [2.75, 3.05) is 18.6 Å². The first-order valence-corrected chi connectivity index (χ1v) is 8.49. The molecule has 1 aromatic heterocycles. The molecule has 0 unspecified atom stereocenters. The highest BCUT2D eigenvalue weighted by Gasteiger charge is 2.32. The lowest BCUT2D eigenvalue weighted by Crippen LogP contribution is -2.34. The summed E-state index contributed by atoms with van der Waals surface area (Å²) in [6.07, 6.45) is -0.0199. The number of anilines is 1. The predicted octanol–water partition coefficient (Wildman–Crippen LogP) is 2.68. The van der Waals surface area contributed by atoms with Crippen molar-refractivity contribution in [3.8, 4) is 11.8 Å². The van der Waals surface area contributed by atoms with Gasteiger partial charge in [0.25, 0.3) is 0 Å². The molecule has 0 fully saturated rings. The number of aromatic nitrogens is 2. The number of nitrogens with one attached hydrogen (secondary N) is 1. The van der Waals surface area contributed by atoms with E-state index in [0.717, 1.165) is 0 Å². The number of hydrogen-bond donors (Lipinski definition) is 1. The van der Waals surface area contributed by atoms with Gasteiger partial charge in [-0.1, -0.05) is 12.1 Å². The fourth-order valence-corrected chi connectivity index (χ4v) is 3.27. The Hall–Kier alpha value is -3.66. The first kappa shape index (κ1) is 16.8. The van der Waals surface area contributed by atoms with E-state index in [1.165, 1.54) is 4.90 Å². The molecule has 0 saturated carbocycles. The number of nitriles is 1. The smallest absolute Gasteiger partial charge is 0.233 e. The van der Waals surface area contributed by atoms with Crippen molar-refractivity contribution >= 4 is 28.3 Å². The third-order valence-electron chi connectivity index (χ3n) is 4.73. The first-order valence-electron chi connectivity index (χ1n) is 8.49. The third kappa shape index (κ3) is 2.91. The molecule has 2 heterocycles. The number of Topliss-reactive ketones (excluding diaryl/α,β-unsaturated/α-hetero) is 1. The molecule has 0 bridgehead atoms. The predicted molar refractivity (Wildman–Crippen MR) is 98.6 cm³/mol. The number of rotatable bonds is 3. The largest absolute Gasteiger partial charge is 0.491 e. The number of hydrogen-bond acceptors (Lipinski definition) is 5. The van der Waals surface area contributed by atoms with Gasteiger partial charge in [-0.05, 0) is 30.3 Å². The molecule has 0 radical (unpaired) electrons. The molecule has 1 aliphatic rings. The van der Waals surface area contributed by atoms with Gasteiger partial charge in [0, 0.05) is 18.9 Å². The topological polar surface area (TPSA) is 99.1 Å². The monoisotopic (exact) mass is 360 g/mol. The van der Waals surface area contributed by atoms with Gasteiger partial charge in [-0.3, -0.25) is 14.7 Å². The van der Waals surface area contributed by atoms with Crippen LogP contribution in [0.25, 0.3) is 10.9 Å². The Kier molecular flexibility index (Phi) is 4.09. The van der Waals surface area contributed by atoms with Crippen LogP contribution in [-0.4, -0.2) is 35.5 Å². The number of benzene rings is 2. The average molecular weight is 360 g/mol. The summed E-state index contributed by atoms with van der Waals surface area (Å²) >= 11 is 0. The number of carbonyl (C=O) groups is 2. The highest BCUT2D eigenvalue weighted by Crippen LogP contribution is 2.32. The van der Waals surface area contributed by atoms with Crippen LogP contribution in [0, 0.1) is 17.2 Å². The number of amides is 1. The zero-order chi connectivity index (χ0) is 19.0. The minimum atomic E-state index is -0.610. The van der Waals surface area contributed by atoms with E-state index in [2.05, 4.69) is 16.3 Å². The summed E-state index contributed by atoms with van der Waals surface area (Å²) < 4.78 is 5.76. The van der Waals surface area contributed by atoms with Gasteiger partial charge in [0.05, 0.1) is 28.8 Å². The molecule has 1 aliphatic heterocycles. The maximum atomic E-state index is 12.8. The second-order valence-corrected chi connectivity index (χ2v) is 6.44. The number of para-hydroxylation sites is 2. The maximum Gasteiger partial charge on any atom is 0.233 e. The van der Waals surface area contributed by atoms with Crippen LogP contribution in [0.2, 0.25) is 0 Å². The molecule has 1 atom stereocenters. The number of ether oxygens (including phenoxy) is 1. The maximum absolute atomic E-state index is 12.8. The van der Waals surface area contributed by atoms with Crippen molar-refractivity contribution in [3.63, 3.8) is 0 Å². The van der Waals surface area contributed by atoms with E-state index in [1.54, 1.807) is 31.3 Å². The summed E-state index contributed by atoms with van der Waals surface area (Å²) in [4.78, 5) is 27.2. The van der Waals surface area contributed by atoms with Gasteiger partial charge in [-0.15, -0.1) is 0 Å². The Bertz CT molecular complexity index is 1100. The van der Waals surface area contributed by atoms with Crippen molar-refractivity contribution in [3.05, 3.63) is 53.7 Å². The molecule has 7 nitrogen and oxygen atoms in total. The highest BCUT2D eigenvalue weighted by molar-refractivity contribution is 6.08. The van der Waals surface area contributed by atoms with Crippen LogP contribution >= 0.6 is 0 Å². The van der Waals surface area contributed by atoms with Gasteiger partial charge in [0.15, 0.2) is 5.78 Å². The van der Waals surface area contributed by atoms with E-state index in [4.69, 9.17) is 10.00 Å². The van der Waals surface area contributed by atoms with Gasteiger partial charge in [0.2, 0.25) is 5.91 Å². The summed E-state index contributed by atoms with van der Waals surface area (Å²) in [5.41, 5.74) is 2.04. The normalized spacial score (nSPS) is 16.4. The third-order valence-corrected chi connectivity index (χ3v) is 4.73. The molecule has 1 amide bonds. The van der Waals surface area contributed by atoms with Crippen LogP contribution in [0.5, 0.6) is 5.75 Å². The molecule has 3 aromatic rings. The second kappa shape index (κ2) is 6.57. The van der Waals surface area contributed by atoms with Crippen LogP contribution in [0.3, 0.4) is 0 Å². The molecular formula is C20H16N4O3. The van der Waals surface area contributed by atoms with Crippen molar-refractivity contribution in [1.29, 1.82) is 5.26 Å². The van der Waals surface area contributed by atoms with Crippen LogP contribution in [0.1, 0.15) is 22.5 Å². The van der Waals surface area contributed by atoms with Gasteiger partial charge in [-0.2, -0.15) is 10.4 Å². The highest BCUT2D eigenvalue weighted by atomic mass is 16.5. The minimum Gasteiger partial charge on any atom is -0.491 e. The Morgan fingerprint density at radius 2 is 2.19 bits per heavy atom. The minimum absolute atomic E-state index is 0.0199. The van der Waals surface area contributed by atoms with Crippen LogP contribution < -0.4 is 9.64 Å². The molecule has 27 heavy (non-hydrogen) atoms. The van der Waals surface area contributed by atoms with Crippen molar-refractivity contribution in [2.45, 2.75) is 6.42 Å². The molecule has 0 saturated heterocycles. The number of fused-ring (bicyclic) bond motifs is 2. The van der Waals surface area contributed by atoms with Gasteiger partial charge >= 0.3 is 0 Å². The molecule has 0 aliphatic carbocycles. The summed E-state index contributed by atoms with van der Waals surface area (Å²) in [7, 11) is 1.68. The van der Waals surface area contributed by atoms with E-state index in [0.29, 0.717) is 27.9 Å². The van der Waals surface area contributed by atoms with Crippen molar-refractivity contribution in [1.82, 2.24) is 10.2 Å². The lowest BCUT2D eigenvalue weighted by Gasteiger charge is -2.18. The fraction of sp³-hybridized carbons (Fsp3) is 0.200. The summed E-state index contributed by atoms with van der Waals surface area (Å²) in [5.74, 6) is -0.434. The number of H-pyrrole nitrogens is 1. The van der Waals surface area contributed by atoms with E-state index >= 15 is 0 Å². The summed E-state index contributed by atoms with van der Waals surface area (Å²) in [6.45, 7) is 0.123. The SMILES string of the molecule is CN1C(=O)[C@@H](CC(=O)c2n[nH]c3ccc(C#N)cc23)COc2ccccc21. The molecule has 134 valence electrons. The Morgan fingerprint density at radius 3 is 3.00 bits per heavy atom. The molecular weight excluding hydrogens is 344 g/mol. The molecule has 1 N–H and O–H groups in total. The zero-order valence-corrected chi connectivity index (χ0v) is 14.6. The van der Waals surface area contributed by atoms with E-state index in [-0.39, 0.29) is 30.4 Å².